The number of carbonyl (C=O) groups excluding carboxylic acids is 2. The lowest BCUT2D eigenvalue weighted by Gasteiger charge is -2.12. The highest BCUT2D eigenvalue weighted by molar-refractivity contribution is 7.89. The summed E-state index contributed by atoms with van der Waals surface area (Å²) in [6, 6.07) is 11.0. The Morgan fingerprint density at radius 2 is 1.93 bits per heavy atom. The molecule has 2 amide bonds. The highest BCUT2D eigenvalue weighted by Crippen LogP contribution is 2.29. The van der Waals surface area contributed by atoms with Crippen molar-refractivity contribution in [2.24, 2.45) is 0 Å². The lowest BCUT2D eigenvalue weighted by atomic mass is 10.2. The van der Waals surface area contributed by atoms with Crippen LogP contribution in [0.2, 0.25) is 0 Å². The van der Waals surface area contributed by atoms with Crippen molar-refractivity contribution in [3.8, 4) is 5.75 Å². The van der Waals surface area contributed by atoms with Gasteiger partial charge in [-0.2, -0.15) is 0 Å². The van der Waals surface area contributed by atoms with Crippen LogP contribution in [0.15, 0.2) is 47.4 Å². The number of amides is 2. The van der Waals surface area contributed by atoms with Gasteiger partial charge in [0.2, 0.25) is 15.9 Å². The molecule has 0 spiro atoms. The highest BCUT2D eigenvalue weighted by atomic mass is 32.2. The molecule has 0 unspecified atom stereocenters. The van der Waals surface area contributed by atoms with Gasteiger partial charge in [0.05, 0.1) is 28.8 Å². The smallest absolute Gasteiger partial charge is 0.251 e. The maximum absolute atomic E-state index is 12.3. The Hall–Kier alpha value is -3.02. The van der Waals surface area contributed by atoms with Crippen molar-refractivity contribution in [1.82, 2.24) is 14.6 Å². The summed E-state index contributed by atoms with van der Waals surface area (Å²) in [6.45, 7) is -0.289. The topological polar surface area (TPSA) is 118 Å². The molecule has 11 heteroatoms. The third-order valence-corrected chi connectivity index (χ3v) is 6.87. The van der Waals surface area contributed by atoms with Crippen molar-refractivity contribution < 1.29 is 22.7 Å². The second-order valence-corrected chi connectivity index (χ2v) is 9.58. The first-order valence-electron chi connectivity index (χ1n) is 8.76. The Balaban J connectivity index is 1.63. The number of aromatic nitrogens is 1. The van der Waals surface area contributed by atoms with Crippen LogP contribution < -0.4 is 15.4 Å². The number of thiazole rings is 1. The number of hydrogen-bond acceptors (Lipinski definition) is 7. The van der Waals surface area contributed by atoms with E-state index in [0.29, 0.717) is 10.9 Å². The predicted molar refractivity (Wildman–Crippen MR) is 114 cm³/mol. The summed E-state index contributed by atoms with van der Waals surface area (Å²) in [5.74, 6) is -0.323. The average molecular weight is 449 g/mol. The van der Waals surface area contributed by atoms with Crippen LogP contribution >= 0.6 is 11.3 Å². The molecule has 1 aromatic heterocycles. The van der Waals surface area contributed by atoms with E-state index in [1.807, 2.05) is 6.07 Å². The van der Waals surface area contributed by atoms with Gasteiger partial charge >= 0.3 is 0 Å². The number of ether oxygens (including phenoxy) is 1. The number of hydrogen-bond donors (Lipinski definition) is 2. The van der Waals surface area contributed by atoms with Crippen molar-refractivity contribution >= 4 is 48.5 Å². The molecule has 0 saturated carbocycles. The number of fused-ring (bicyclic) bond motifs is 1. The quantitative estimate of drug-likeness (QED) is 0.570. The van der Waals surface area contributed by atoms with Gasteiger partial charge in [0.25, 0.3) is 5.91 Å². The average Bonchev–Trinajstić information content (AvgIpc) is 3.13. The van der Waals surface area contributed by atoms with Crippen molar-refractivity contribution in [3.63, 3.8) is 0 Å². The molecule has 158 valence electrons. The molecule has 2 N–H and O–H groups in total. The van der Waals surface area contributed by atoms with Gasteiger partial charge in [-0.15, -0.1) is 0 Å². The van der Waals surface area contributed by atoms with Crippen LogP contribution in [-0.2, 0) is 14.8 Å². The molecule has 3 aromatic rings. The lowest BCUT2D eigenvalue weighted by Crippen LogP contribution is -2.33. The number of nitrogens with one attached hydrogen (secondary N) is 2. The standard InChI is InChI=1S/C19H20N4O5S2/c1-23(2)30(26,27)14-6-4-5-12(9-14)18(25)20-11-17(24)22-19-21-15-8-7-13(28-3)10-16(15)29-19/h4-10H,11H2,1-3H3,(H,20,25)(H,21,22,24). The van der Waals surface area contributed by atoms with Gasteiger partial charge in [0, 0.05) is 19.7 Å². The van der Waals surface area contributed by atoms with Gasteiger partial charge in [-0.05, 0) is 36.4 Å². The maximum atomic E-state index is 12.3. The molecule has 0 aliphatic heterocycles. The van der Waals surface area contributed by atoms with Gasteiger partial charge < -0.3 is 15.4 Å². The zero-order chi connectivity index (χ0) is 21.9. The number of nitrogens with zero attached hydrogens (tertiary/aromatic N) is 2. The Morgan fingerprint density at radius 1 is 1.17 bits per heavy atom. The summed E-state index contributed by atoms with van der Waals surface area (Å²) >= 11 is 1.29. The summed E-state index contributed by atoms with van der Waals surface area (Å²) in [5.41, 5.74) is 0.858. The third kappa shape index (κ3) is 4.75. The Labute approximate surface area is 177 Å². The molecule has 9 nitrogen and oxygen atoms in total. The van der Waals surface area contributed by atoms with E-state index in [2.05, 4.69) is 15.6 Å². The molecule has 0 aliphatic rings. The lowest BCUT2D eigenvalue weighted by molar-refractivity contribution is -0.115. The van der Waals surface area contributed by atoms with Crippen LogP contribution in [0.25, 0.3) is 10.2 Å². The van der Waals surface area contributed by atoms with Crippen molar-refractivity contribution in [1.29, 1.82) is 0 Å². The van der Waals surface area contributed by atoms with Gasteiger partial charge in [-0.1, -0.05) is 17.4 Å². The normalized spacial score (nSPS) is 11.5. The summed E-state index contributed by atoms with van der Waals surface area (Å²) in [7, 11) is 0.719. The Kier molecular flexibility index (Phi) is 6.34. The van der Waals surface area contributed by atoms with Crippen LogP contribution in [0.3, 0.4) is 0 Å². The second kappa shape index (κ2) is 8.78. The summed E-state index contributed by atoms with van der Waals surface area (Å²) < 4.78 is 31.5. The maximum Gasteiger partial charge on any atom is 0.251 e. The van der Waals surface area contributed by atoms with E-state index in [1.165, 1.54) is 49.7 Å². The van der Waals surface area contributed by atoms with Crippen LogP contribution in [-0.4, -0.2) is 57.3 Å². The SMILES string of the molecule is COc1ccc2nc(NC(=O)CNC(=O)c3cccc(S(=O)(=O)N(C)C)c3)sc2c1. The third-order valence-electron chi connectivity index (χ3n) is 4.13. The number of methoxy groups -OCH3 is 1. The fourth-order valence-electron chi connectivity index (χ4n) is 2.52. The zero-order valence-corrected chi connectivity index (χ0v) is 18.1. The van der Waals surface area contributed by atoms with Gasteiger partial charge in [0.15, 0.2) is 5.13 Å². The largest absolute Gasteiger partial charge is 0.497 e. The number of rotatable bonds is 7. The molecule has 0 bridgehead atoms. The van der Waals surface area contributed by atoms with Crippen LogP contribution in [0.4, 0.5) is 5.13 Å². The predicted octanol–water partition coefficient (Wildman–Crippen LogP) is 1.92. The van der Waals surface area contributed by atoms with E-state index in [4.69, 9.17) is 4.74 Å². The number of benzene rings is 2. The number of carbonyl (C=O) groups is 2. The van der Waals surface area contributed by atoms with Crippen LogP contribution in [0.5, 0.6) is 5.75 Å². The molecule has 0 atom stereocenters. The molecule has 0 radical (unpaired) electrons. The van der Waals surface area contributed by atoms with Crippen molar-refractivity contribution in [2.75, 3.05) is 33.1 Å². The van der Waals surface area contributed by atoms with E-state index < -0.39 is 21.8 Å². The van der Waals surface area contributed by atoms with E-state index in [-0.39, 0.29) is 17.0 Å². The van der Waals surface area contributed by atoms with Gasteiger partial charge in [0.1, 0.15) is 5.75 Å². The molecule has 0 saturated heterocycles. The summed E-state index contributed by atoms with van der Waals surface area (Å²) in [6.07, 6.45) is 0. The minimum Gasteiger partial charge on any atom is -0.497 e. The number of anilines is 1. The van der Waals surface area contributed by atoms with Crippen LogP contribution in [0.1, 0.15) is 10.4 Å². The molecule has 2 aromatic carbocycles. The molecule has 3 rings (SSSR count). The highest BCUT2D eigenvalue weighted by Gasteiger charge is 2.19. The Morgan fingerprint density at radius 3 is 2.63 bits per heavy atom. The van der Waals surface area contributed by atoms with Crippen molar-refractivity contribution in [3.05, 3.63) is 48.0 Å². The fourth-order valence-corrected chi connectivity index (χ4v) is 4.38. The Bertz CT molecular complexity index is 1200. The number of sulfonamides is 1. The van der Waals surface area contributed by atoms with Crippen molar-refractivity contribution in [2.45, 2.75) is 4.90 Å². The van der Waals surface area contributed by atoms with Gasteiger partial charge in [-0.25, -0.2) is 17.7 Å². The molecular weight excluding hydrogens is 428 g/mol. The first kappa shape index (κ1) is 21.7. The minimum atomic E-state index is -3.66. The summed E-state index contributed by atoms with van der Waals surface area (Å²) in [4.78, 5) is 28.8. The molecule has 0 fully saturated rings. The molecule has 1 heterocycles. The van der Waals surface area contributed by atoms with E-state index in [9.17, 15) is 18.0 Å². The fraction of sp³-hybridized carbons (Fsp3) is 0.211. The molecular formula is C19H20N4O5S2. The zero-order valence-electron chi connectivity index (χ0n) is 16.5. The molecule has 30 heavy (non-hydrogen) atoms. The van der Waals surface area contributed by atoms with Gasteiger partial charge in [-0.3, -0.25) is 9.59 Å². The van der Waals surface area contributed by atoms with Crippen LogP contribution in [0, 0.1) is 0 Å². The molecule has 0 aliphatic carbocycles. The summed E-state index contributed by atoms with van der Waals surface area (Å²) in [5, 5.41) is 5.51. The minimum absolute atomic E-state index is 0.00509. The first-order chi connectivity index (χ1) is 14.2. The van der Waals surface area contributed by atoms with E-state index in [0.717, 1.165) is 14.5 Å². The first-order valence-corrected chi connectivity index (χ1v) is 11.0. The second-order valence-electron chi connectivity index (χ2n) is 6.40. The van der Waals surface area contributed by atoms with E-state index in [1.54, 1.807) is 19.2 Å². The van der Waals surface area contributed by atoms with E-state index >= 15 is 0 Å². The monoisotopic (exact) mass is 448 g/mol.